The Balaban J connectivity index is 2.49. The highest BCUT2D eigenvalue weighted by atomic mass is 32.1. The molecule has 1 aromatic heterocycles. The minimum absolute atomic E-state index is 0.102. The number of carboxylic acid groups (broad SMARTS) is 1. The molecule has 2 aromatic rings. The largest absolute Gasteiger partial charge is 0.496 e. The van der Waals surface area contributed by atoms with Crippen molar-refractivity contribution in [1.29, 1.82) is 0 Å². The zero-order valence-electron chi connectivity index (χ0n) is 9.93. The Morgan fingerprint density at radius 2 is 2.22 bits per heavy atom. The van der Waals surface area contributed by atoms with E-state index in [-0.39, 0.29) is 10.7 Å². The normalized spacial score (nSPS) is 10.3. The number of methoxy groups -OCH3 is 1. The number of benzene rings is 1. The number of carboxylic acids is 1. The third kappa shape index (κ3) is 2.14. The summed E-state index contributed by atoms with van der Waals surface area (Å²) in [6, 6.07) is 5.58. The van der Waals surface area contributed by atoms with Crippen LogP contribution in [0.3, 0.4) is 0 Å². The number of ether oxygens (including phenoxy) is 1. The summed E-state index contributed by atoms with van der Waals surface area (Å²) >= 11 is 1.15. The molecule has 0 atom stereocenters. The second kappa shape index (κ2) is 4.66. The second-order valence-corrected chi connectivity index (χ2v) is 4.75. The third-order valence-corrected chi connectivity index (χ3v) is 3.44. The molecule has 6 heteroatoms. The molecule has 94 valence electrons. The van der Waals surface area contributed by atoms with Gasteiger partial charge in [-0.2, -0.15) is 0 Å². The number of aromatic nitrogens is 1. The van der Waals surface area contributed by atoms with E-state index in [1.54, 1.807) is 7.11 Å². The van der Waals surface area contributed by atoms with E-state index < -0.39 is 5.97 Å². The van der Waals surface area contributed by atoms with Gasteiger partial charge in [0, 0.05) is 5.56 Å². The molecular weight excluding hydrogens is 252 g/mol. The molecule has 0 spiro atoms. The predicted octanol–water partition coefficient (Wildman–Crippen LogP) is 2.41. The standard InChI is InChI=1S/C12H12N2O3S/c1-6-3-4-7(5-8(6)17-2)11-14-9(12(15)16)10(13)18-11/h3-5H,13H2,1-2H3,(H,15,16). The van der Waals surface area contributed by atoms with Crippen molar-refractivity contribution in [1.82, 2.24) is 4.98 Å². The average molecular weight is 264 g/mol. The van der Waals surface area contributed by atoms with Crippen LogP contribution < -0.4 is 10.5 Å². The van der Waals surface area contributed by atoms with Gasteiger partial charge in [-0.15, -0.1) is 0 Å². The molecule has 1 aromatic carbocycles. The highest BCUT2D eigenvalue weighted by Crippen LogP contribution is 2.32. The number of nitrogens with zero attached hydrogens (tertiary/aromatic N) is 1. The van der Waals surface area contributed by atoms with Gasteiger partial charge in [-0.25, -0.2) is 9.78 Å². The zero-order chi connectivity index (χ0) is 13.3. The molecule has 3 N–H and O–H groups in total. The number of thiazole rings is 1. The van der Waals surface area contributed by atoms with Crippen molar-refractivity contribution in [3.05, 3.63) is 29.5 Å². The van der Waals surface area contributed by atoms with Gasteiger partial charge in [-0.1, -0.05) is 23.5 Å². The maximum Gasteiger partial charge on any atom is 0.357 e. The van der Waals surface area contributed by atoms with E-state index in [1.807, 2.05) is 25.1 Å². The summed E-state index contributed by atoms with van der Waals surface area (Å²) < 4.78 is 5.22. The summed E-state index contributed by atoms with van der Waals surface area (Å²) in [6.45, 7) is 1.93. The lowest BCUT2D eigenvalue weighted by Gasteiger charge is -2.05. The average Bonchev–Trinajstić information content (AvgIpc) is 2.72. The van der Waals surface area contributed by atoms with E-state index in [9.17, 15) is 4.79 Å². The number of nitrogen functional groups attached to an aromatic ring is 1. The number of carbonyl (C=O) groups is 1. The Kier molecular flexibility index (Phi) is 3.20. The molecular formula is C12H12N2O3S. The molecule has 0 amide bonds. The zero-order valence-corrected chi connectivity index (χ0v) is 10.7. The number of rotatable bonds is 3. The van der Waals surface area contributed by atoms with Crippen molar-refractivity contribution < 1.29 is 14.6 Å². The minimum Gasteiger partial charge on any atom is -0.496 e. The number of anilines is 1. The lowest BCUT2D eigenvalue weighted by molar-refractivity contribution is 0.0692. The minimum atomic E-state index is -1.12. The number of aryl methyl sites for hydroxylation is 1. The summed E-state index contributed by atoms with van der Waals surface area (Å²) in [4.78, 5) is 14.9. The van der Waals surface area contributed by atoms with Gasteiger partial charge in [0.2, 0.25) is 0 Å². The highest BCUT2D eigenvalue weighted by molar-refractivity contribution is 7.19. The summed E-state index contributed by atoms with van der Waals surface area (Å²) in [5.41, 5.74) is 7.32. The first-order valence-electron chi connectivity index (χ1n) is 5.17. The van der Waals surface area contributed by atoms with E-state index in [0.717, 1.165) is 28.2 Å². The monoisotopic (exact) mass is 264 g/mol. The van der Waals surface area contributed by atoms with Crippen molar-refractivity contribution in [2.24, 2.45) is 0 Å². The molecule has 0 aliphatic carbocycles. The molecule has 0 fully saturated rings. The molecule has 0 saturated heterocycles. The molecule has 2 rings (SSSR count). The number of hydrogen-bond acceptors (Lipinski definition) is 5. The van der Waals surface area contributed by atoms with Gasteiger partial charge in [0.15, 0.2) is 5.69 Å². The molecule has 0 aliphatic heterocycles. The van der Waals surface area contributed by atoms with Crippen LogP contribution >= 0.6 is 11.3 Å². The van der Waals surface area contributed by atoms with E-state index in [0.29, 0.717) is 5.01 Å². The fraction of sp³-hybridized carbons (Fsp3) is 0.167. The summed E-state index contributed by atoms with van der Waals surface area (Å²) in [6.07, 6.45) is 0. The Hall–Kier alpha value is -2.08. The van der Waals surface area contributed by atoms with Crippen LogP contribution in [0.25, 0.3) is 10.6 Å². The molecule has 5 nitrogen and oxygen atoms in total. The van der Waals surface area contributed by atoms with Crippen molar-refractivity contribution in [2.75, 3.05) is 12.8 Å². The molecule has 1 heterocycles. The van der Waals surface area contributed by atoms with Crippen LogP contribution in [0.5, 0.6) is 5.75 Å². The van der Waals surface area contributed by atoms with Crippen LogP contribution in [0.4, 0.5) is 5.00 Å². The quantitative estimate of drug-likeness (QED) is 0.889. The molecule has 0 saturated carbocycles. The van der Waals surface area contributed by atoms with Gasteiger partial charge in [-0.3, -0.25) is 0 Å². The fourth-order valence-corrected chi connectivity index (χ4v) is 2.38. The molecule has 0 radical (unpaired) electrons. The van der Waals surface area contributed by atoms with Gasteiger partial charge in [0.25, 0.3) is 0 Å². The molecule has 0 aliphatic rings. The van der Waals surface area contributed by atoms with E-state index in [4.69, 9.17) is 15.6 Å². The molecule has 0 bridgehead atoms. The van der Waals surface area contributed by atoms with Crippen LogP contribution in [0, 0.1) is 6.92 Å². The molecule has 0 unspecified atom stereocenters. The third-order valence-electron chi connectivity index (χ3n) is 2.51. The lowest BCUT2D eigenvalue weighted by Crippen LogP contribution is -2.00. The smallest absolute Gasteiger partial charge is 0.357 e. The number of nitrogens with two attached hydrogens (primary N) is 1. The summed E-state index contributed by atoms with van der Waals surface area (Å²) in [7, 11) is 1.59. The van der Waals surface area contributed by atoms with Crippen molar-refractivity contribution >= 4 is 22.3 Å². The van der Waals surface area contributed by atoms with Gasteiger partial charge >= 0.3 is 5.97 Å². The Morgan fingerprint density at radius 3 is 2.78 bits per heavy atom. The van der Waals surface area contributed by atoms with Crippen LogP contribution in [0.2, 0.25) is 0 Å². The van der Waals surface area contributed by atoms with Crippen molar-refractivity contribution in [2.45, 2.75) is 6.92 Å². The van der Waals surface area contributed by atoms with Gasteiger partial charge in [-0.05, 0) is 18.6 Å². The Morgan fingerprint density at radius 1 is 1.50 bits per heavy atom. The van der Waals surface area contributed by atoms with Gasteiger partial charge < -0.3 is 15.6 Å². The Bertz CT molecular complexity index is 607. The van der Waals surface area contributed by atoms with Crippen LogP contribution in [-0.2, 0) is 0 Å². The van der Waals surface area contributed by atoms with E-state index in [2.05, 4.69) is 4.98 Å². The van der Waals surface area contributed by atoms with Crippen molar-refractivity contribution in [3.8, 4) is 16.3 Å². The topological polar surface area (TPSA) is 85.4 Å². The summed E-state index contributed by atoms with van der Waals surface area (Å²) in [5.74, 6) is -0.382. The maximum absolute atomic E-state index is 10.9. The second-order valence-electron chi connectivity index (χ2n) is 3.72. The predicted molar refractivity (Wildman–Crippen MR) is 70.2 cm³/mol. The number of hydrogen-bond donors (Lipinski definition) is 2. The van der Waals surface area contributed by atoms with Crippen molar-refractivity contribution in [3.63, 3.8) is 0 Å². The SMILES string of the molecule is COc1cc(-c2nc(C(=O)O)c(N)s2)ccc1C. The first-order chi connectivity index (χ1) is 8.52. The Labute approximate surface area is 108 Å². The van der Waals surface area contributed by atoms with E-state index >= 15 is 0 Å². The van der Waals surface area contributed by atoms with Crippen LogP contribution in [0.1, 0.15) is 16.1 Å². The first kappa shape index (κ1) is 12.4. The maximum atomic E-state index is 10.9. The van der Waals surface area contributed by atoms with Crippen LogP contribution in [-0.4, -0.2) is 23.2 Å². The summed E-state index contributed by atoms with van der Waals surface area (Å²) in [5, 5.41) is 9.69. The van der Waals surface area contributed by atoms with Gasteiger partial charge in [0.05, 0.1) is 7.11 Å². The first-order valence-corrected chi connectivity index (χ1v) is 5.99. The highest BCUT2D eigenvalue weighted by Gasteiger charge is 2.16. The fourth-order valence-electron chi connectivity index (χ4n) is 1.56. The van der Waals surface area contributed by atoms with Crippen LogP contribution in [0.15, 0.2) is 18.2 Å². The molecule has 18 heavy (non-hydrogen) atoms. The lowest BCUT2D eigenvalue weighted by atomic mass is 10.1. The number of aromatic carboxylic acids is 1. The van der Waals surface area contributed by atoms with Gasteiger partial charge in [0.1, 0.15) is 15.8 Å². The van der Waals surface area contributed by atoms with E-state index in [1.165, 1.54) is 0 Å².